The van der Waals surface area contributed by atoms with Crippen molar-refractivity contribution >= 4 is 11.9 Å². The van der Waals surface area contributed by atoms with E-state index >= 15 is 0 Å². The van der Waals surface area contributed by atoms with Gasteiger partial charge in [-0.1, -0.05) is 142 Å². The number of aliphatic hydroxyl groups is 4. The molecule has 0 amide bonds. The molecular formula is C37H70O10. The van der Waals surface area contributed by atoms with Gasteiger partial charge in [-0.15, -0.1) is 0 Å². The van der Waals surface area contributed by atoms with Crippen LogP contribution in [0.3, 0.4) is 0 Å². The molecule has 6 atom stereocenters. The highest BCUT2D eigenvalue weighted by Crippen LogP contribution is 2.22. The van der Waals surface area contributed by atoms with Crippen molar-refractivity contribution in [2.75, 3.05) is 19.8 Å². The van der Waals surface area contributed by atoms with Crippen molar-refractivity contribution in [3.05, 3.63) is 0 Å². The molecule has 4 N–H and O–H groups in total. The third kappa shape index (κ3) is 22.1. The van der Waals surface area contributed by atoms with Gasteiger partial charge < -0.3 is 39.4 Å². The second-order valence-electron chi connectivity index (χ2n) is 13.4. The number of ether oxygens (including phenoxy) is 4. The molecule has 47 heavy (non-hydrogen) atoms. The molecule has 278 valence electrons. The normalized spacial score (nSPS) is 21.9. The van der Waals surface area contributed by atoms with Crippen LogP contribution in [0.1, 0.15) is 168 Å². The Balaban J connectivity index is 2.39. The second kappa shape index (κ2) is 29.6. The first-order valence-corrected chi connectivity index (χ1v) is 19.1. The van der Waals surface area contributed by atoms with E-state index in [4.69, 9.17) is 18.9 Å². The van der Waals surface area contributed by atoms with Crippen LogP contribution in [-0.4, -0.2) is 89.0 Å². The minimum Gasteiger partial charge on any atom is -0.462 e. The van der Waals surface area contributed by atoms with Crippen LogP contribution in [0.4, 0.5) is 0 Å². The van der Waals surface area contributed by atoms with E-state index in [1.165, 1.54) is 96.3 Å². The maximum atomic E-state index is 12.7. The molecule has 0 aliphatic carbocycles. The lowest BCUT2D eigenvalue weighted by atomic mass is 9.99. The maximum Gasteiger partial charge on any atom is 0.306 e. The Morgan fingerprint density at radius 3 is 1.45 bits per heavy atom. The fourth-order valence-corrected chi connectivity index (χ4v) is 5.89. The Hall–Kier alpha value is -1.30. The van der Waals surface area contributed by atoms with Crippen molar-refractivity contribution < 1.29 is 49.0 Å². The van der Waals surface area contributed by atoms with Crippen LogP contribution >= 0.6 is 0 Å². The van der Waals surface area contributed by atoms with E-state index in [1.54, 1.807) is 0 Å². The van der Waals surface area contributed by atoms with Crippen LogP contribution < -0.4 is 0 Å². The topological polar surface area (TPSA) is 152 Å². The summed E-state index contributed by atoms with van der Waals surface area (Å²) in [5.41, 5.74) is 0. The molecule has 1 heterocycles. The molecule has 0 bridgehead atoms. The van der Waals surface area contributed by atoms with Crippen LogP contribution in [0.5, 0.6) is 0 Å². The Morgan fingerprint density at radius 1 is 0.574 bits per heavy atom. The van der Waals surface area contributed by atoms with Crippen molar-refractivity contribution in [2.24, 2.45) is 0 Å². The molecule has 1 saturated heterocycles. The zero-order chi connectivity index (χ0) is 34.5. The second-order valence-corrected chi connectivity index (χ2v) is 13.4. The zero-order valence-corrected chi connectivity index (χ0v) is 29.8. The molecule has 6 unspecified atom stereocenters. The summed E-state index contributed by atoms with van der Waals surface area (Å²) >= 11 is 0. The van der Waals surface area contributed by atoms with E-state index in [0.29, 0.717) is 6.42 Å². The Labute approximate surface area is 285 Å². The lowest BCUT2D eigenvalue weighted by Crippen LogP contribution is -2.59. The first-order valence-electron chi connectivity index (χ1n) is 19.1. The predicted octanol–water partition coefficient (Wildman–Crippen LogP) is 6.66. The van der Waals surface area contributed by atoms with Crippen molar-refractivity contribution in [2.45, 2.75) is 205 Å². The van der Waals surface area contributed by atoms with Gasteiger partial charge in [0.2, 0.25) is 0 Å². The van der Waals surface area contributed by atoms with E-state index < -0.39 is 49.4 Å². The third-order valence-corrected chi connectivity index (χ3v) is 8.99. The van der Waals surface area contributed by atoms with Gasteiger partial charge in [0.15, 0.2) is 12.4 Å². The molecule has 1 aliphatic rings. The van der Waals surface area contributed by atoms with Gasteiger partial charge in [0.25, 0.3) is 0 Å². The number of hydrogen-bond acceptors (Lipinski definition) is 10. The largest absolute Gasteiger partial charge is 0.462 e. The smallest absolute Gasteiger partial charge is 0.306 e. The number of aliphatic hydroxyl groups excluding tert-OH is 4. The zero-order valence-electron chi connectivity index (χ0n) is 29.8. The standard InChI is InChI=1S/C37H70O10/c1-3-5-7-9-11-13-14-15-16-18-20-22-24-26-33(40)46-30(29-45-37-36(43)35(42)34(41)31(27-38)47-37)28-44-32(39)25-23-21-19-17-12-10-8-6-4-2/h30-31,34-38,41-43H,3-29H2,1-2H3. The van der Waals surface area contributed by atoms with E-state index in [9.17, 15) is 30.0 Å². The molecule has 0 aromatic heterocycles. The van der Waals surface area contributed by atoms with Gasteiger partial charge in [0, 0.05) is 12.8 Å². The maximum absolute atomic E-state index is 12.7. The molecule has 0 aromatic carbocycles. The fraction of sp³-hybridized carbons (Fsp3) is 0.946. The van der Waals surface area contributed by atoms with Crippen molar-refractivity contribution in [3.8, 4) is 0 Å². The van der Waals surface area contributed by atoms with E-state index in [-0.39, 0.29) is 32.0 Å². The third-order valence-electron chi connectivity index (χ3n) is 8.99. The quantitative estimate of drug-likeness (QED) is 0.0464. The first-order chi connectivity index (χ1) is 22.8. The summed E-state index contributed by atoms with van der Waals surface area (Å²) < 4.78 is 22.0. The highest BCUT2D eigenvalue weighted by Gasteiger charge is 2.44. The average Bonchev–Trinajstić information content (AvgIpc) is 3.06. The van der Waals surface area contributed by atoms with E-state index in [1.807, 2.05) is 0 Å². The number of carbonyl (C=O) groups is 2. The number of esters is 2. The number of hydrogen-bond donors (Lipinski definition) is 4. The van der Waals surface area contributed by atoms with Gasteiger partial charge in [0.05, 0.1) is 13.2 Å². The predicted molar refractivity (Wildman–Crippen MR) is 183 cm³/mol. The number of carbonyl (C=O) groups excluding carboxylic acids is 2. The Kier molecular flexibility index (Phi) is 27.5. The monoisotopic (exact) mass is 674 g/mol. The van der Waals surface area contributed by atoms with Crippen molar-refractivity contribution in [1.82, 2.24) is 0 Å². The molecule has 0 aromatic rings. The van der Waals surface area contributed by atoms with Gasteiger partial charge in [-0.25, -0.2) is 0 Å². The molecule has 1 aliphatic heterocycles. The molecule has 0 saturated carbocycles. The summed E-state index contributed by atoms with van der Waals surface area (Å²) in [5.74, 6) is -0.802. The van der Waals surface area contributed by atoms with Crippen LogP contribution in [0.2, 0.25) is 0 Å². The SMILES string of the molecule is CCCCCCCCCCCCCCCC(=O)OC(COC(=O)CCCCCCCCCCC)COC1OC(CO)C(O)C(O)C1O. The van der Waals surface area contributed by atoms with Crippen molar-refractivity contribution in [3.63, 3.8) is 0 Å². The lowest BCUT2D eigenvalue weighted by Gasteiger charge is -2.39. The number of rotatable bonds is 31. The lowest BCUT2D eigenvalue weighted by molar-refractivity contribution is -0.305. The summed E-state index contributed by atoms with van der Waals surface area (Å²) in [6.07, 6.45) is 18.3. The molecule has 10 heteroatoms. The molecule has 10 nitrogen and oxygen atoms in total. The van der Waals surface area contributed by atoms with Gasteiger partial charge in [0.1, 0.15) is 31.0 Å². The van der Waals surface area contributed by atoms with Gasteiger partial charge in [-0.3, -0.25) is 9.59 Å². The van der Waals surface area contributed by atoms with Crippen LogP contribution in [-0.2, 0) is 28.5 Å². The van der Waals surface area contributed by atoms with E-state index in [2.05, 4.69) is 13.8 Å². The Bertz CT molecular complexity index is 749. The van der Waals surface area contributed by atoms with Crippen molar-refractivity contribution in [1.29, 1.82) is 0 Å². The van der Waals surface area contributed by atoms with Gasteiger partial charge in [-0.2, -0.15) is 0 Å². The number of unbranched alkanes of at least 4 members (excludes halogenated alkanes) is 20. The van der Waals surface area contributed by atoms with Crippen LogP contribution in [0, 0.1) is 0 Å². The molecule has 0 spiro atoms. The summed E-state index contributed by atoms with van der Waals surface area (Å²) in [5, 5.41) is 39.8. The highest BCUT2D eigenvalue weighted by atomic mass is 16.7. The molecule has 1 fully saturated rings. The van der Waals surface area contributed by atoms with Crippen LogP contribution in [0.25, 0.3) is 0 Å². The molecular weight excluding hydrogens is 604 g/mol. The first kappa shape index (κ1) is 43.7. The molecule has 1 rings (SSSR count). The fourth-order valence-electron chi connectivity index (χ4n) is 5.89. The summed E-state index contributed by atoms with van der Waals surface area (Å²) in [6.45, 7) is 3.39. The van der Waals surface area contributed by atoms with Gasteiger partial charge >= 0.3 is 11.9 Å². The Morgan fingerprint density at radius 2 is 1.00 bits per heavy atom. The minimum absolute atomic E-state index is 0.210. The summed E-state index contributed by atoms with van der Waals surface area (Å²) in [4.78, 5) is 25.1. The minimum atomic E-state index is -1.59. The van der Waals surface area contributed by atoms with E-state index in [0.717, 1.165) is 38.5 Å². The average molecular weight is 675 g/mol. The highest BCUT2D eigenvalue weighted by molar-refractivity contribution is 5.70. The summed E-state index contributed by atoms with van der Waals surface area (Å²) in [6, 6.07) is 0. The molecule has 0 radical (unpaired) electrons. The van der Waals surface area contributed by atoms with Gasteiger partial charge in [-0.05, 0) is 12.8 Å². The summed E-state index contributed by atoms with van der Waals surface area (Å²) in [7, 11) is 0. The van der Waals surface area contributed by atoms with Crippen LogP contribution in [0.15, 0.2) is 0 Å².